The van der Waals surface area contributed by atoms with Crippen molar-refractivity contribution < 1.29 is 4.74 Å². The van der Waals surface area contributed by atoms with E-state index in [0.717, 1.165) is 28.0 Å². The minimum atomic E-state index is 0.402. The van der Waals surface area contributed by atoms with Crippen LogP contribution in [0.25, 0.3) is 11.0 Å². The summed E-state index contributed by atoms with van der Waals surface area (Å²) in [7, 11) is 1.67. The fourth-order valence-electron chi connectivity index (χ4n) is 2.46. The molecule has 0 saturated heterocycles. The van der Waals surface area contributed by atoms with Gasteiger partial charge in [-0.3, -0.25) is 0 Å². The summed E-state index contributed by atoms with van der Waals surface area (Å²) < 4.78 is 8.22. The van der Waals surface area contributed by atoms with Crippen molar-refractivity contribution in [2.45, 2.75) is 33.2 Å². The molecule has 0 spiro atoms. The summed E-state index contributed by atoms with van der Waals surface area (Å²) in [6.07, 6.45) is 1.12. The molecule has 4 heteroatoms. The normalized spacial score (nSPS) is 13.2. The van der Waals surface area contributed by atoms with E-state index in [1.807, 2.05) is 12.1 Å². The third kappa shape index (κ3) is 2.43. The fourth-order valence-corrected chi connectivity index (χ4v) is 2.85. The second-order valence-electron chi connectivity index (χ2n) is 5.16. The molecule has 1 unspecified atom stereocenters. The number of aromatic nitrogens is 2. The van der Waals surface area contributed by atoms with Crippen molar-refractivity contribution in [2.75, 3.05) is 7.11 Å². The molecule has 1 aromatic heterocycles. The number of nitrogens with zero attached hydrogens (tertiary/aromatic N) is 1. The van der Waals surface area contributed by atoms with Gasteiger partial charge in [-0.15, -0.1) is 0 Å². The van der Waals surface area contributed by atoms with Gasteiger partial charge in [0.2, 0.25) is 0 Å². The van der Waals surface area contributed by atoms with Crippen molar-refractivity contribution in [1.29, 1.82) is 0 Å². The van der Waals surface area contributed by atoms with Crippen molar-refractivity contribution >= 4 is 23.3 Å². The summed E-state index contributed by atoms with van der Waals surface area (Å²) in [6.45, 7) is 6.68. The molecular formula is C14H20N2OS. The number of rotatable bonds is 4. The maximum absolute atomic E-state index is 5.43. The molecule has 3 nitrogen and oxygen atoms in total. The second-order valence-corrected chi connectivity index (χ2v) is 5.55. The molecular weight excluding hydrogens is 244 g/mol. The lowest BCUT2D eigenvalue weighted by atomic mass is 10.1. The van der Waals surface area contributed by atoms with Gasteiger partial charge in [0.25, 0.3) is 0 Å². The topological polar surface area (TPSA) is 29.9 Å². The van der Waals surface area contributed by atoms with Crippen LogP contribution in [0, 0.1) is 10.7 Å². The number of hydrogen-bond acceptors (Lipinski definition) is 2. The quantitative estimate of drug-likeness (QED) is 0.834. The van der Waals surface area contributed by atoms with E-state index in [4.69, 9.17) is 17.0 Å². The molecule has 0 aliphatic rings. The van der Waals surface area contributed by atoms with E-state index in [-0.39, 0.29) is 0 Å². The van der Waals surface area contributed by atoms with Crippen LogP contribution in [-0.4, -0.2) is 16.7 Å². The first-order valence-corrected chi connectivity index (χ1v) is 6.72. The lowest BCUT2D eigenvalue weighted by molar-refractivity contribution is 0.415. The molecule has 0 amide bonds. The molecule has 0 aliphatic heterocycles. The van der Waals surface area contributed by atoms with Crippen LogP contribution in [0.5, 0.6) is 5.75 Å². The third-order valence-electron chi connectivity index (χ3n) is 3.18. The molecule has 0 saturated carbocycles. The van der Waals surface area contributed by atoms with Crippen molar-refractivity contribution in [3.05, 3.63) is 23.0 Å². The summed E-state index contributed by atoms with van der Waals surface area (Å²) in [5.74, 6) is 1.51. The number of ether oxygens (including phenoxy) is 1. The van der Waals surface area contributed by atoms with Crippen LogP contribution in [0.15, 0.2) is 18.2 Å². The predicted molar refractivity (Wildman–Crippen MR) is 77.8 cm³/mol. The van der Waals surface area contributed by atoms with Crippen LogP contribution in [-0.2, 0) is 0 Å². The summed E-state index contributed by atoms with van der Waals surface area (Å²) in [5.41, 5.74) is 2.18. The largest absolute Gasteiger partial charge is 0.497 e. The van der Waals surface area contributed by atoms with E-state index in [0.29, 0.717) is 12.0 Å². The zero-order valence-electron chi connectivity index (χ0n) is 11.4. The van der Waals surface area contributed by atoms with Gasteiger partial charge in [-0.2, -0.15) is 0 Å². The third-order valence-corrected chi connectivity index (χ3v) is 3.48. The SMILES string of the molecule is COc1ccc2c(c1)[nH]c(=S)n2C(C)CC(C)C. The number of methoxy groups -OCH3 is 1. The van der Waals surface area contributed by atoms with Gasteiger partial charge in [-0.25, -0.2) is 0 Å². The Balaban J connectivity index is 2.50. The van der Waals surface area contributed by atoms with Crippen molar-refractivity contribution in [2.24, 2.45) is 5.92 Å². The second kappa shape index (κ2) is 5.14. The zero-order chi connectivity index (χ0) is 13.3. The average molecular weight is 264 g/mol. The molecule has 0 bridgehead atoms. The smallest absolute Gasteiger partial charge is 0.178 e. The first kappa shape index (κ1) is 13.1. The Kier molecular flexibility index (Phi) is 3.76. The molecule has 2 rings (SSSR count). The van der Waals surface area contributed by atoms with Crippen LogP contribution >= 0.6 is 12.2 Å². The van der Waals surface area contributed by atoms with E-state index >= 15 is 0 Å². The van der Waals surface area contributed by atoms with Gasteiger partial charge >= 0.3 is 0 Å². The Morgan fingerprint density at radius 2 is 2.06 bits per heavy atom. The number of nitrogens with one attached hydrogen (secondary N) is 1. The van der Waals surface area contributed by atoms with Crippen molar-refractivity contribution in [1.82, 2.24) is 9.55 Å². The Hall–Kier alpha value is -1.29. The molecule has 0 fully saturated rings. The Labute approximate surface area is 113 Å². The molecule has 1 atom stereocenters. The highest BCUT2D eigenvalue weighted by molar-refractivity contribution is 7.71. The Bertz CT molecular complexity index is 597. The van der Waals surface area contributed by atoms with Crippen LogP contribution in [0.3, 0.4) is 0 Å². The van der Waals surface area contributed by atoms with Crippen LogP contribution in [0.1, 0.15) is 33.2 Å². The Morgan fingerprint density at radius 3 is 2.67 bits per heavy atom. The van der Waals surface area contributed by atoms with Gasteiger partial charge in [-0.1, -0.05) is 13.8 Å². The number of aromatic amines is 1. The van der Waals surface area contributed by atoms with Crippen LogP contribution in [0.2, 0.25) is 0 Å². The van der Waals surface area contributed by atoms with E-state index in [1.54, 1.807) is 7.11 Å². The molecule has 0 radical (unpaired) electrons. The highest BCUT2D eigenvalue weighted by Gasteiger charge is 2.12. The summed E-state index contributed by atoms with van der Waals surface area (Å²) >= 11 is 5.43. The first-order valence-electron chi connectivity index (χ1n) is 6.31. The first-order chi connectivity index (χ1) is 8.52. The number of H-pyrrole nitrogens is 1. The molecule has 18 heavy (non-hydrogen) atoms. The lowest BCUT2D eigenvalue weighted by Gasteiger charge is -2.16. The van der Waals surface area contributed by atoms with Crippen molar-refractivity contribution in [3.8, 4) is 5.75 Å². The number of hydrogen-bond donors (Lipinski definition) is 1. The van der Waals surface area contributed by atoms with E-state index < -0.39 is 0 Å². The van der Waals surface area contributed by atoms with Crippen molar-refractivity contribution in [3.63, 3.8) is 0 Å². The van der Waals surface area contributed by atoms with Gasteiger partial charge in [0.1, 0.15) is 5.75 Å². The van der Waals surface area contributed by atoms with Gasteiger partial charge in [-0.05, 0) is 43.6 Å². The molecule has 1 N–H and O–H groups in total. The standard InChI is InChI=1S/C14H20N2OS/c1-9(2)7-10(3)16-13-6-5-11(17-4)8-12(13)15-14(16)18/h5-6,8-10H,7H2,1-4H3,(H,15,18). The highest BCUT2D eigenvalue weighted by atomic mass is 32.1. The lowest BCUT2D eigenvalue weighted by Crippen LogP contribution is -2.08. The monoisotopic (exact) mass is 264 g/mol. The average Bonchev–Trinajstić information content (AvgIpc) is 2.62. The number of imidazole rings is 1. The van der Waals surface area contributed by atoms with Gasteiger partial charge in [0.05, 0.1) is 18.1 Å². The minimum Gasteiger partial charge on any atom is -0.497 e. The fraction of sp³-hybridized carbons (Fsp3) is 0.500. The van der Waals surface area contributed by atoms with Gasteiger partial charge < -0.3 is 14.3 Å². The Morgan fingerprint density at radius 1 is 1.33 bits per heavy atom. The maximum atomic E-state index is 5.43. The molecule has 1 aromatic carbocycles. The zero-order valence-corrected chi connectivity index (χ0v) is 12.2. The molecule has 2 aromatic rings. The minimum absolute atomic E-state index is 0.402. The maximum Gasteiger partial charge on any atom is 0.178 e. The van der Waals surface area contributed by atoms with Crippen LogP contribution < -0.4 is 4.74 Å². The van der Waals surface area contributed by atoms with E-state index in [9.17, 15) is 0 Å². The van der Waals surface area contributed by atoms with E-state index in [1.165, 1.54) is 0 Å². The summed E-state index contributed by atoms with van der Waals surface area (Å²) in [6, 6.07) is 6.43. The molecule has 0 aliphatic carbocycles. The summed E-state index contributed by atoms with van der Waals surface area (Å²) in [5, 5.41) is 0. The van der Waals surface area contributed by atoms with Gasteiger partial charge in [0, 0.05) is 12.1 Å². The van der Waals surface area contributed by atoms with Gasteiger partial charge in [0.15, 0.2) is 4.77 Å². The van der Waals surface area contributed by atoms with E-state index in [2.05, 4.69) is 36.4 Å². The molecule has 1 heterocycles. The molecule has 98 valence electrons. The highest BCUT2D eigenvalue weighted by Crippen LogP contribution is 2.26. The number of fused-ring (bicyclic) bond motifs is 1. The van der Waals surface area contributed by atoms with Crippen LogP contribution in [0.4, 0.5) is 0 Å². The summed E-state index contributed by atoms with van der Waals surface area (Å²) in [4.78, 5) is 3.25. The number of benzene rings is 1. The predicted octanol–water partition coefficient (Wildman–Crippen LogP) is 4.31.